The van der Waals surface area contributed by atoms with Gasteiger partial charge in [0.1, 0.15) is 5.60 Å². The molecule has 2 fully saturated rings. The zero-order chi connectivity index (χ0) is 29.2. The second-order valence-electron chi connectivity index (χ2n) is 11.9. The monoisotopic (exact) mass is 575 g/mol. The van der Waals surface area contributed by atoms with E-state index in [9.17, 15) is 31.2 Å². The first kappa shape index (κ1) is 31.2. The van der Waals surface area contributed by atoms with Crippen LogP contribution < -0.4 is 5.32 Å². The Bertz CT molecular complexity index is 1120. The highest BCUT2D eigenvalue weighted by Gasteiger charge is 2.44. The van der Waals surface area contributed by atoms with Gasteiger partial charge < -0.3 is 15.0 Å². The molecule has 12 heteroatoms. The average molecular weight is 576 g/mol. The standard InChI is InChI=1S/C27H40F3N3O5S/c1-18(2)15-19(17-31-25(35)38-26(3,4)5)24(34)32-13-11-22(12-14-32)33(21-9-10-21)39(36,37)23-8-6-7-20(16-23)27(28,29)30/h6-8,16,18-19,21-22H,9-15,17H2,1-5H3,(H,31,35). The molecule has 3 rings (SSSR count). The van der Waals surface area contributed by atoms with Gasteiger partial charge in [-0.1, -0.05) is 19.9 Å². The Hall–Kier alpha value is -2.34. The highest BCUT2D eigenvalue weighted by atomic mass is 32.2. The number of alkyl halides is 3. The number of hydrogen-bond acceptors (Lipinski definition) is 5. The Balaban J connectivity index is 1.69. The molecule has 1 aliphatic carbocycles. The quantitative estimate of drug-likeness (QED) is 0.445. The molecule has 0 bridgehead atoms. The molecule has 39 heavy (non-hydrogen) atoms. The lowest BCUT2D eigenvalue weighted by molar-refractivity contribution is -0.138. The third-order valence-corrected chi connectivity index (χ3v) is 8.78. The minimum atomic E-state index is -4.65. The highest BCUT2D eigenvalue weighted by molar-refractivity contribution is 7.89. The first-order valence-corrected chi connectivity index (χ1v) is 14.9. The maximum absolute atomic E-state index is 13.5. The van der Waals surface area contributed by atoms with Gasteiger partial charge in [0.25, 0.3) is 0 Å². The molecule has 0 radical (unpaired) electrons. The number of piperidine rings is 1. The van der Waals surface area contributed by atoms with Gasteiger partial charge in [0.05, 0.1) is 16.4 Å². The summed E-state index contributed by atoms with van der Waals surface area (Å²) in [5.41, 5.74) is -1.67. The molecule has 1 unspecified atom stereocenters. The minimum Gasteiger partial charge on any atom is -0.444 e. The van der Waals surface area contributed by atoms with Crippen molar-refractivity contribution in [1.82, 2.24) is 14.5 Å². The van der Waals surface area contributed by atoms with Crippen molar-refractivity contribution in [2.75, 3.05) is 19.6 Å². The van der Waals surface area contributed by atoms with Gasteiger partial charge in [0, 0.05) is 31.7 Å². The van der Waals surface area contributed by atoms with Crippen LogP contribution >= 0.6 is 0 Å². The Morgan fingerprint density at radius 3 is 2.18 bits per heavy atom. The van der Waals surface area contributed by atoms with Crippen molar-refractivity contribution in [2.45, 2.75) is 95.5 Å². The smallest absolute Gasteiger partial charge is 0.416 e. The minimum absolute atomic E-state index is 0.114. The molecule has 1 atom stereocenters. The Labute approximate surface area is 229 Å². The van der Waals surface area contributed by atoms with Crippen LogP contribution in [-0.2, 0) is 25.7 Å². The molecule has 1 saturated heterocycles. The molecule has 1 aromatic rings. The first-order valence-electron chi connectivity index (χ1n) is 13.5. The molecule has 220 valence electrons. The lowest BCUT2D eigenvalue weighted by Crippen LogP contribution is -2.51. The van der Waals surface area contributed by atoms with Crippen molar-refractivity contribution in [1.29, 1.82) is 0 Å². The number of alkyl carbamates (subject to hydrolysis) is 1. The van der Waals surface area contributed by atoms with Crippen molar-refractivity contribution in [3.8, 4) is 0 Å². The van der Waals surface area contributed by atoms with Gasteiger partial charge in [0.15, 0.2) is 0 Å². The van der Waals surface area contributed by atoms with Gasteiger partial charge >= 0.3 is 12.3 Å². The van der Waals surface area contributed by atoms with E-state index >= 15 is 0 Å². The lowest BCUT2D eigenvalue weighted by atomic mass is 9.94. The van der Waals surface area contributed by atoms with Gasteiger partial charge in [0.2, 0.25) is 15.9 Å². The van der Waals surface area contributed by atoms with Crippen molar-refractivity contribution < 1.29 is 35.9 Å². The van der Waals surface area contributed by atoms with Gasteiger partial charge in [-0.25, -0.2) is 13.2 Å². The summed E-state index contributed by atoms with van der Waals surface area (Å²) in [7, 11) is -4.15. The summed E-state index contributed by atoms with van der Waals surface area (Å²) in [6.07, 6.45) is -2.60. The van der Waals surface area contributed by atoms with Crippen molar-refractivity contribution >= 4 is 22.0 Å². The number of carbonyl (C=O) groups excluding carboxylic acids is 2. The van der Waals surface area contributed by atoms with Crippen LogP contribution in [0, 0.1) is 11.8 Å². The molecule has 1 aromatic carbocycles. The maximum atomic E-state index is 13.5. The van der Waals surface area contributed by atoms with Gasteiger partial charge in [-0.2, -0.15) is 17.5 Å². The number of nitrogens with zero attached hydrogens (tertiary/aromatic N) is 2. The van der Waals surface area contributed by atoms with E-state index in [0.717, 1.165) is 12.1 Å². The summed E-state index contributed by atoms with van der Waals surface area (Å²) in [6.45, 7) is 10.0. The number of nitrogens with one attached hydrogen (secondary N) is 1. The van der Waals surface area contributed by atoms with E-state index < -0.39 is 45.4 Å². The van der Waals surface area contributed by atoms with E-state index in [1.165, 1.54) is 10.4 Å². The van der Waals surface area contributed by atoms with Crippen molar-refractivity contribution in [3.63, 3.8) is 0 Å². The largest absolute Gasteiger partial charge is 0.444 e. The zero-order valence-corrected chi connectivity index (χ0v) is 24.1. The molecule has 1 saturated carbocycles. The van der Waals surface area contributed by atoms with Crippen LogP contribution in [0.2, 0.25) is 0 Å². The lowest BCUT2D eigenvalue weighted by Gasteiger charge is -2.39. The maximum Gasteiger partial charge on any atom is 0.416 e. The fourth-order valence-electron chi connectivity index (χ4n) is 4.93. The predicted molar refractivity (Wildman–Crippen MR) is 140 cm³/mol. The molecule has 1 aliphatic heterocycles. The fourth-order valence-corrected chi connectivity index (χ4v) is 6.91. The van der Waals surface area contributed by atoms with Crippen molar-refractivity contribution in [2.24, 2.45) is 11.8 Å². The fraction of sp³-hybridized carbons (Fsp3) is 0.704. The van der Waals surface area contributed by atoms with Crippen LogP contribution in [0.5, 0.6) is 0 Å². The van der Waals surface area contributed by atoms with E-state index in [2.05, 4.69) is 5.32 Å². The first-order chi connectivity index (χ1) is 18.0. The van der Waals surface area contributed by atoms with Crippen LogP contribution in [0.3, 0.4) is 0 Å². The number of amides is 2. The van der Waals surface area contributed by atoms with Gasteiger partial charge in [-0.15, -0.1) is 0 Å². The molecule has 2 aliphatic rings. The van der Waals surface area contributed by atoms with Crippen LogP contribution in [0.4, 0.5) is 18.0 Å². The Morgan fingerprint density at radius 2 is 1.67 bits per heavy atom. The second kappa shape index (κ2) is 12.0. The van der Waals surface area contributed by atoms with Crippen molar-refractivity contribution in [3.05, 3.63) is 29.8 Å². The van der Waals surface area contributed by atoms with Crippen LogP contribution in [0.15, 0.2) is 29.2 Å². The molecular weight excluding hydrogens is 535 g/mol. The number of halogens is 3. The van der Waals surface area contributed by atoms with Gasteiger partial charge in [-0.3, -0.25) is 4.79 Å². The summed E-state index contributed by atoms with van der Waals surface area (Å²) in [6, 6.07) is 3.20. The van der Waals surface area contributed by atoms with E-state index in [1.54, 1.807) is 25.7 Å². The normalized spacial score (nSPS) is 18.4. The number of hydrogen-bond donors (Lipinski definition) is 1. The van der Waals surface area contributed by atoms with Crippen LogP contribution in [0.1, 0.15) is 72.3 Å². The highest BCUT2D eigenvalue weighted by Crippen LogP contribution is 2.38. The summed E-state index contributed by atoms with van der Waals surface area (Å²) in [5.74, 6) is -0.362. The number of ether oxygens (including phenoxy) is 1. The Kier molecular flexibility index (Phi) is 9.63. The predicted octanol–water partition coefficient (Wildman–Crippen LogP) is 5.04. The number of likely N-dealkylation sites (tertiary alicyclic amines) is 1. The number of benzene rings is 1. The van der Waals surface area contributed by atoms with E-state index in [1.807, 2.05) is 13.8 Å². The number of rotatable bonds is 9. The number of carbonyl (C=O) groups is 2. The molecule has 8 nitrogen and oxygen atoms in total. The van der Waals surface area contributed by atoms with E-state index in [4.69, 9.17) is 4.74 Å². The summed E-state index contributed by atoms with van der Waals surface area (Å²) in [5, 5.41) is 2.69. The van der Waals surface area contributed by atoms with Crippen LogP contribution in [0.25, 0.3) is 0 Å². The average Bonchev–Trinajstić information content (AvgIpc) is 3.65. The van der Waals surface area contributed by atoms with E-state index in [0.29, 0.717) is 51.3 Å². The molecular formula is C27H40F3N3O5S. The molecule has 1 heterocycles. The molecule has 2 amide bonds. The second-order valence-corrected chi connectivity index (χ2v) is 13.7. The molecule has 0 spiro atoms. The molecule has 0 aromatic heterocycles. The summed E-state index contributed by atoms with van der Waals surface area (Å²) >= 11 is 0. The Morgan fingerprint density at radius 1 is 1.08 bits per heavy atom. The SMILES string of the molecule is CC(C)CC(CNC(=O)OC(C)(C)C)C(=O)N1CCC(N(C2CC2)S(=O)(=O)c2cccc(C(F)(F)F)c2)CC1. The molecule has 1 N–H and O–H groups in total. The third kappa shape index (κ3) is 8.57. The number of sulfonamides is 1. The topological polar surface area (TPSA) is 96.0 Å². The van der Waals surface area contributed by atoms with Crippen LogP contribution in [-0.4, -0.2) is 66.9 Å². The van der Waals surface area contributed by atoms with E-state index in [-0.39, 0.29) is 29.3 Å². The van der Waals surface area contributed by atoms with Gasteiger partial charge in [-0.05, 0) is 77.0 Å². The summed E-state index contributed by atoms with van der Waals surface area (Å²) < 4.78 is 73.4. The zero-order valence-electron chi connectivity index (χ0n) is 23.3. The summed E-state index contributed by atoms with van der Waals surface area (Å²) in [4.78, 5) is 26.9. The third-order valence-electron chi connectivity index (χ3n) is 6.78.